The number of H-pyrrole nitrogens is 2. The molecule has 2 aromatic carbocycles. The quantitative estimate of drug-likeness (QED) is 0.640. The maximum Gasteiger partial charge on any atom is 0.0921 e. The van der Waals surface area contributed by atoms with Crippen LogP contribution in [-0.4, -0.2) is 15.2 Å². The van der Waals surface area contributed by atoms with Gasteiger partial charge in [0.1, 0.15) is 0 Å². The first-order valence-electron chi connectivity index (χ1n) is 5.57. The number of benzene rings is 2. The van der Waals surface area contributed by atoms with Crippen LogP contribution in [0.2, 0.25) is 0 Å². The van der Waals surface area contributed by atoms with Gasteiger partial charge in [-0.1, -0.05) is 60.7 Å². The summed E-state index contributed by atoms with van der Waals surface area (Å²) in [5.41, 5.74) is 3.47. The first kappa shape index (κ1) is 9.78. The summed E-state index contributed by atoms with van der Waals surface area (Å²) in [7, 11) is 0. The second kappa shape index (κ2) is 4.22. The van der Waals surface area contributed by atoms with E-state index in [0.29, 0.717) is 0 Å². The Kier molecular flexibility index (Phi) is 2.43. The van der Waals surface area contributed by atoms with E-state index in [2.05, 4.69) is 40.8 Å². The van der Waals surface area contributed by atoms with Crippen molar-refractivity contribution >= 4 is 11.8 Å². The first-order valence-corrected chi connectivity index (χ1v) is 5.57. The van der Waals surface area contributed by atoms with Gasteiger partial charge in [-0.3, -0.25) is 0 Å². The van der Waals surface area contributed by atoms with Crippen molar-refractivity contribution < 1.29 is 0 Å². The third-order valence-corrected chi connectivity index (χ3v) is 2.64. The Labute approximate surface area is 99.3 Å². The van der Waals surface area contributed by atoms with Crippen molar-refractivity contribution in [3.05, 3.63) is 71.8 Å². The molecule has 0 radical (unpaired) electrons. The number of hydrogen-bond donors (Lipinski definition) is 2. The molecule has 0 saturated heterocycles. The molecule has 84 valence electrons. The molecule has 0 unspecified atom stereocenters. The summed E-state index contributed by atoms with van der Waals surface area (Å²) in [6.07, 6.45) is 2.14. The standard InChI is InChI=1S/C14H13N3/c1-3-7-12(8-4-1)11-14(17-15-16-17)13-9-5-2-6-10-13/h1-11,15-16H. The molecule has 0 fully saturated rings. The van der Waals surface area contributed by atoms with Gasteiger partial charge >= 0.3 is 0 Å². The highest BCUT2D eigenvalue weighted by Crippen LogP contribution is 2.19. The van der Waals surface area contributed by atoms with Gasteiger partial charge in [0, 0.05) is 5.56 Å². The second-order valence-corrected chi connectivity index (χ2v) is 3.87. The van der Waals surface area contributed by atoms with Crippen LogP contribution in [0.4, 0.5) is 0 Å². The number of aromatic nitrogens is 3. The molecule has 0 amide bonds. The summed E-state index contributed by atoms with van der Waals surface area (Å²) in [6.45, 7) is 0. The molecule has 3 nitrogen and oxygen atoms in total. The van der Waals surface area contributed by atoms with E-state index in [-0.39, 0.29) is 0 Å². The molecule has 0 atom stereocenters. The Morgan fingerprint density at radius 3 is 2.00 bits per heavy atom. The highest BCUT2D eigenvalue weighted by Gasteiger charge is 2.06. The minimum Gasteiger partial charge on any atom is -0.205 e. The van der Waals surface area contributed by atoms with Crippen molar-refractivity contribution in [1.29, 1.82) is 0 Å². The maximum atomic E-state index is 2.97. The minimum atomic E-state index is 1.11. The molecule has 3 rings (SSSR count). The van der Waals surface area contributed by atoms with E-state index in [4.69, 9.17) is 0 Å². The van der Waals surface area contributed by atoms with Crippen LogP contribution in [0.15, 0.2) is 60.7 Å². The van der Waals surface area contributed by atoms with E-state index in [1.54, 1.807) is 0 Å². The van der Waals surface area contributed by atoms with Crippen molar-refractivity contribution in [1.82, 2.24) is 15.2 Å². The van der Waals surface area contributed by atoms with Crippen molar-refractivity contribution in [3.63, 3.8) is 0 Å². The van der Waals surface area contributed by atoms with Crippen LogP contribution in [0.1, 0.15) is 11.1 Å². The van der Waals surface area contributed by atoms with Crippen LogP contribution in [-0.2, 0) is 0 Å². The molecule has 0 aliphatic carbocycles. The fourth-order valence-corrected chi connectivity index (χ4v) is 1.74. The van der Waals surface area contributed by atoms with Gasteiger partial charge in [-0.25, -0.2) is 10.4 Å². The normalized spacial score (nSPS) is 11.9. The topological polar surface area (TPSA) is 36.5 Å². The Morgan fingerprint density at radius 2 is 1.41 bits per heavy atom. The minimum absolute atomic E-state index is 1.11. The van der Waals surface area contributed by atoms with Gasteiger partial charge in [0.2, 0.25) is 0 Å². The monoisotopic (exact) mass is 223 g/mol. The predicted octanol–water partition coefficient (Wildman–Crippen LogP) is 3.19. The van der Waals surface area contributed by atoms with Crippen LogP contribution in [0.3, 0.4) is 0 Å². The zero-order valence-corrected chi connectivity index (χ0v) is 9.30. The van der Waals surface area contributed by atoms with Crippen molar-refractivity contribution in [3.8, 4) is 0 Å². The van der Waals surface area contributed by atoms with Gasteiger partial charge in [0.25, 0.3) is 0 Å². The van der Waals surface area contributed by atoms with Gasteiger partial charge < -0.3 is 0 Å². The van der Waals surface area contributed by atoms with E-state index in [0.717, 1.165) is 5.70 Å². The van der Waals surface area contributed by atoms with E-state index < -0.39 is 0 Å². The van der Waals surface area contributed by atoms with E-state index >= 15 is 0 Å². The molecule has 0 saturated carbocycles. The lowest BCUT2D eigenvalue weighted by Crippen LogP contribution is -1.91. The van der Waals surface area contributed by atoms with Gasteiger partial charge in [0.15, 0.2) is 0 Å². The molecule has 3 aromatic rings. The summed E-state index contributed by atoms with van der Waals surface area (Å²) in [5, 5.41) is 5.94. The lowest BCUT2D eigenvalue weighted by atomic mass is 10.1. The fourth-order valence-electron chi connectivity index (χ4n) is 1.74. The summed E-state index contributed by atoms with van der Waals surface area (Å²) in [5.74, 6) is 0. The van der Waals surface area contributed by atoms with Crippen LogP contribution < -0.4 is 0 Å². The van der Waals surface area contributed by atoms with E-state index in [1.165, 1.54) is 11.1 Å². The molecule has 1 heterocycles. The number of hydrogen-bond acceptors (Lipinski definition) is 0. The average Bonchev–Trinajstić information content (AvgIpc) is 3.23. The van der Waals surface area contributed by atoms with Gasteiger partial charge in [0.05, 0.1) is 5.70 Å². The molecular weight excluding hydrogens is 210 g/mol. The van der Waals surface area contributed by atoms with E-state index in [1.807, 2.05) is 41.2 Å². The van der Waals surface area contributed by atoms with Crippen molar-refractivity contribution in [2.24, 2.45) is 0 Å². The lowest BCUT2D eigenvalue weighted by molar-refractivity contribution is 1.10. The van der Waals surface area contributed by atoms with E-state index in [9.17, 15) is 0 Å². The number of aromatic amines is 2. The molecule has 0 aliphatic heterocycles. The summed E-state index contributed by atoms with van der Waals surface area (Å²) in [4.78, 5) is 1.89. The third-order valence-electron chi connectivity index (χ3n) is 2.64. The smallest absolute Gasteiger partial charge is 0.0921 e. The Morgan fingerprint density at radius 1 is 0.824 bits per heavy atom. The molecule has 0 aliphatic rings. The molecule has 1 aromatic heterocycles. The van der Waals surface area contributed by atoms with Gasteiger partial charge in [-0.15, -0.1) is 0 Å². The Balaban J connectivity index is 2.03. The largest absolute Gasteiger partial charge is 0.205 e. The number of nitrogens with zero attached hydrogens (tertiary/aromatic N) is 1. The second-order valence-electron chi connectivity index (χ2n) is 3.87. The first-order chi connectivity index (χ1) is 8.43. The van der Waals surface area contributed by atoms with Crippen molar-refractivity contribution in [2.45, 2.75) is 0 Å². The summed E-state index contributed by atoms with van der Waals surface area (Å²) >= 11 is 0. The zero-order chi connectivity index (χ0) is 11.5. The molecular formula is C14H13N3. The molecule has 17 heavy (non-hydrogen) atoms. The van der Waals surface area contributed by atoms with Crippen molar-refractivity contribution in [2.75, 3.05) is 0 Å². The maximum absolute atomic E-state index is 2.97. The van der Waals surface area contributed by atoms with Crippen LogP contribution in [0.25, 0.3) is 11.8 Å². The highest BCUT2D eigenvalue weighted by atomic mass is 15.8. The predicted molar refractivity (Wildman–Crippen MR) is 69.3 cm³/mol. The molecule has 2 N–H and O–H groups in total. The van der Waals surface area contributed by atoms with Gasteiger partial charge in [-0.05, 0) is 11.6 Å². The fraction of sp³-hybridized carbons (Fsp3) is 0. The third kappa shape index (κ3) is 2.23. The number of nitrogens with one attached hydrogen (secondary N) is 2. The Hall–Kier alpha value is -2.42. The zero-order valence-electron chi connectivity index (χ0n) is 9.30. The molecule has 0 bridgehead atoms. The summed E-state index contributed by atoms with van der Waals surface area (Å²) in [6, 6.07) is 20.6. The highest BCUT2D eigenvalue weighted by molar-refractivity contribution is 5.80. The van der Waals surface area contributed by atoms with Crippen LogP contribution in [0, 0.1) is 0 Å². The van der Waals surface area contributed by atoms with Crippen LogP contribution in [0.5, 0.6) is 0 Å². The SMILES string of the molecule is C(=C(c1ccccc1)n1[nH][nH]1)c1ccccc1. The average molecular weight is 223 g/mol. The molecule has 0 spiro atoms. The van der Waals surface area contributed by atoms with Crippen LogP contribution >= 0.6 is 0 Å². The lowest BCUT2D eigenvalue weighted by Gasteiger charge is -2.02. The van der Waals surface area contributed by atoms with Gasteiger partial charge in [-0.2, -0.15) is 4.80 Å². The molecule has 3 heteroatoms. The summed E-state index contributed by atoms with van der Waals surface area (Å²) < 4.78 is 0. The Bertz CT molecular complexity index is 588. The number of rotatable bonds is 3.